The summed E-state index contributed by atoms with van der Waals surface area (Å²) in [4.78, 5) is 25.2. The number of nitrogens with zero attached hydrogens (tertiary/aromatic N) is 1. The van der Waals surface area contributed by atoms with Crippen molar-refractivity contribution < 1.29 is 18.7 Å². The first-order valence-corrected chi connectivity index (χ1v) is 7.57. The Morgan fingerprint density at radius 1 is 1.43 bits per heavy atom. The lowest BCUT2D eigenvalue weighted by molar-refractivity contribution is -0.140. The van der Waals surface area contributed by atoms with Crippen LogP contribution in [0.25, 0.3) is 6.08 Å². The zero-order chi connectivity index (χ0) is 15.2. The molecule has 1 aromatic carbocycles. The van der Waals surface area contributed by atoms with E-state index in [0.29, 0.717) is 24.4 Å². The van der Waals surface area contributed by atoms with Gasteiger partial charge in [-0.2, -0.15) is 0 Å². The molecule has 0 radical (unpaired) electrons. The predicted octanol–water partition coefficient (Wildman–Crippen LogP) is 1.96. The van der Waals surface area contributed by atoms with Gasteiger partial charge in [0.2, 0.25) is 5.91 Å². The topological polar surface area (TPSA) is 46.6 Å². The molecule has 0 spiro atoms. The van der Waals surface area contributed by atoms with Crippen LogP contribution >= 0.6 is 11.8 Å². The minimum atomic E-state index is -0.372. The molecule has 1 saturated heterocycles. The first-order chi connectivity index (χ1) is 10.1. The molecule has 1 aliphatic heterocycles. The number of rotatable bonds is 3. The van der Waals surface area contributed by atoms with Crippen molar-refractivity contribution in [3.05, 3.63) is 41.7 Å². The summed E-state index contributed by atoms with van der Waals surface area (Å²) in [5.74, 6) is -0.245. The van der Waals surface area contributed by atoms with Gasteiger partial charge in [-0.3, -0.25) is 9.59 Å². The van der Waals surface area contributed by atoms with Crippen LogP contribution in [0.1, 0.15) is 5.56 Å². The molecule has 1 aliphatic rings. The summed E-state index contributed by atoms with van der Waals surface area (Å²) in [6.45, 7) is 0.885. The standard InChI is InChI=1S/C15H16FNO3S/c1-20-15(19)13-10-17(8-9-21-13)14(18)7-6-11-4-2-3-5-12(11)16/h2-7,13H,8-10H2,1H3/b7-6+/t13-/m0/s1. The highest BCUT2D eigenvalue weighted by Crippen LogP contribution is 2.20. The number of hydrogen-bond acceptors (Lipinski definition) is 4. The number of halogens is 1. The number of methoxy groups -OCH3 is 1. The van der Waals surface area contributed by atoms with Crippen molar-refractivity contribution in [3.63, 3.8) is 0 Å². The number of amides is 1. The summed E-state index contributed by atoms with van der Waals surface area (Å²) >= 11 is 1.48. The van der Waals surface area contributed by atoms with E-state index in [9.17, 15) is 14.0 Å². The molecule has 1 aromatic rings. The van der Waals surface area contributed by atoms with Crippen LogP contribution in [0.15, 0.2) is 30.3 Å². The fraction of sp³-hybridized carbons (Fsp3) is 0.333. The molecule has 6 heteroatoms. The average Bonchev–Trinajstić information content (AvgIpc) is 2.53. The molecule has 1 amide bonds. The van der Waals surface area contributed by atoms with Gasteiger partial charge in [0.1, 0.15) is 11.1 Å². The lowest BCUT2D eigenvalue weighted by Gasteiger charge is -2.30. The zero-order valence-electron chi connectivity index (χ0n) is 11.6. The number of ether oxygens (including phenoxy) is 1. The molecular weight excluding hydrogens is 293 g/mol. The quantitative estimate of drug-likeness (QED) is 0.632. The van der Waals surface area contributed by atoms with Crippen LogP contribution in [0.4, 0.5) is 4.39 Å². The second-order valence-corrected chi connectivity index (χ2v) is 5.83. The Labute approximate surface area is 127 Å². The van der Waals surface area contributed by atoms with Gasteiger partial charge in [-0.05, 0) is 12.1 Å². The SMILES string of the molecule is COC(=O)[C@@H]1CN(C(=O)/C=C/c2ccccc2F)CCS1. The molecule has 0 aromatic heterocycles. The molecule has 0 saturated carbocycles. The lowest BCUT2D eigenvalue weighted by Crippen LogP contribution is -2.44. The Balaban J connectivity index is 2.00. The first kappa shape index (κ1) is 15.6. The largest absolute Gasteiger partial charge is 0.468 e. The molecule has 0 aliphatic carbocycles. The summed E-state index contributed by atoms with van der Waals surface area (Å²) in [5, 5.41) is -0.352. The third-order valence-corrected chi connectivity index (χ3v) is 4.32. The van der Waals surface area contributed by atoms with Gasteiger partial charge in [0, 0.05) is 30.5 Å². The minimum absolute atomic E-state index is 0.229. The van der Waals surface area contributed by atoms with Crippen LogP contribution in [0.2, 0.25) is 0 Å². The Morgan fingerprint density at radius 2 is 2.19 bits per heavy atom. The van der Waals surface area contributed by atoms with E-state index in [1.54, 1.807) is 23.1 Å². The van der Waals surface area contributed by atoms with Gasteiger partial charge in [-0.15, -0.1) is 11.8 Å². The monoisotopic (exact) mass is 309 g/mol. The maximum absolute atomic E-state index is 13.5. The van der Waals surface area contributed by atoms with Crippen LogP contribution in [0.5, 0.6) is 0 Å². The Bertz CT molecular complexity index is 562. The summed E-state index contributed by atoms with van der Waals surface area (Å²) < 4.78 is 18.2. The van der Waals surface area contributed by atoms with Gasteiger partial charge in [0.05, 0.1) is 7.11 Å². The van der Waals surface area contributed by atoms with Gasteiger partial charge in [-0.1, -0.05) is 18.2 Å². The number of carbonyl (C=O) groups excluding carboxylic acids is 2. The van der Waals surface area contributed by atoms with E-state index < -0.39 is 0 Å². The summed E-state index contributed by atoms with van der Waals surface area (Å²) in [7, 11) is 1.34. The van der Waals surface area contributed by atoms with E-state index in [1.807, 2.05) is 0 Å². The van der Waals surface area contributed by atoms with Crippen LogP contribution < -0.4 is 0 Å². The van der Waals surface area contributed by atoms with Gasteiger partial charge >= 0.3 is 5.97 Å². The Kier molecular flexibility index (Phi) is 5.38. The Hall–Kier alpha value is -1.82. The average molecular weight is 309 g/mol. The second-order valence-electron chi connectivity index (χ2n) is 4.52. The van der Waals surface area contributed by atoms with E-state index in [2.05, 4.69) is 0 Å². The highest BCUT2D eigenvalue weighted by molar-refractivity contribution is 8.00. The smallest absolute Gasteiger partial charge is 0.320 e. The molecule has 1 fully saturated rings. The maximum atomic E-state index is 13.5. The molecule has 2 rings (SSSR count). The van der Waals surface area contributed by atoms with Crippen LogP contribution in [-0.2, 0) is 14.3 Å². The number of thioether (sulfide) groups is 1. The van der Waals surface area contributed by atoms with Crippen molar-refractivity contribution in [3.8, 4) is 0 Å². The minimum Gasteiger partial charge on any atom is -0.468 e. The van der Waals surface area contributed by atoms with Gasteiger partial charge in [-0.25, -0.2) is 4.39 Å². The highest BCUT2D eigenvalue weighted by atomic mass is 32.2. The zero-order valence-corrected chi connectivity index (χ0v) is 12.4. The van der Waals surface area contributed by atoms with E-state index in [0.717, 1.165) is 0 Å². The molecule has 0 bridgehead atoms. The third kappa shape index (κ3) is 4.07. The molecule has 1 heterocycles. The van der Waals surface area contributed by atoms with Gasteiger partial charge in [0.25, 0.3) is 0 Å². The number of hydrogen-bond donors (Lipinski definition) is 0. The highest BCUT2D eigenvalue weighted by Gasteiger charge is 2.28. The second kappa shape index (κ2) is 7.26. The predicted molar refractivity (Wildman–Crippen MR) is 80.3 cm³/mol. The first-order valence-electron chi connectivity index (χ1n) is 6.52. The van der Waals surface area contributed by atoms with E-state index in [4.69, 9.17) is 4.74 Å². The Morgan fingerprint density at radius 3 is 2.90 bits per heavy atom. The van der Waals surface area contributed by atoms with Crippen LogP contribution in [0.3, 0.4) is 0 Å². The molecule has 112 valence electrons. The van der Waals surface area contributed by atoms with Crippen molar-refractivity contribution in [2.75, 3.05) is 26.0 Å². The third-order valence-electron chi connectivity index (χ3n) is 3.15. The number of carbonyl (C=O) groups is 2. The van der Waals surface area contributed by atoms with Crippen molar-refractivity contribution in [1.82, 2.24) is 4.90 Å². The number of esters is 1. The summed E-state index contributed by atoms with van der Waals surface area (Å²) in [6, 6.07) is 6.24. The summed E-state index contributed by atoms with van der Waals surface area (Å²) in [5.41, 5.74) is 0.363. The van der Waals surface area contributed by atoms with Crippen molar-refractivity contribution >= 4 is 29.7 Å². The van der Waals surface area contributed by atoms with Crippen molar-refractivity contribution in [1.29, 1.82) is 0 Å². The van der Waals surface area contributed by atoms with Crippen molar-refractivity contribution in [2.24, 2.45) is 0 Å². The molecule has 0 unspecified atom stereocenters. The van der Waals surface area contributed by atoms with E-state index in [1.165, 1.54) is 37.1 Å². The van der Waals surface area contributed by atoms with Gasteiger partial charge < -0.3 is 9.64 Å². The molecule has 0 N–H and O–H groups in total. The maximum Gasteiger partial charge on any atom is 0.320 e. The van der Waals surface area contributed by atoms with E-state index in [-0.39, 0.29) is 22.9 Å². The van der Waals surface area contributed by atoms with Crippen molar-refractivity contribution in [2.45, 2.75) is 5.25 Å². The molecule has 1 atom stereocenters. The van der Waals surface area contributed by atoms with E-state index >= 15 is 0 Å². The number of benzene rings is 1. The lowest BCUT2D eigenvalue weighted by atomic mass is 10.2. The van der Waals surface area contributed by atoms with Crippen LogP contribution in [0, 0.1) is 5.82 Å². The normalized spacial score (nSPS) is 18.8. The molecule has 21 heavy (non-hydrogen) atoms. The fourth-order valence-electron chi connectivity index (χ4n) is 2.00. The molecule has 4 nitrogen and oxygen atoms in total. The fourth-order valence-corrected chi connectivity index (χ4v) is 3.13. The van der Waals surface area contributed by atoms with Crippen LogP contribution in [-0.4, -0.2) is 48.0 Å². The van der Waals surface area contributed by atoms with Gasteiger partial charge in [0.15, 0.2) is 0 Å². The molecular formula is C15H16FNO3S. The summed E-state index contributed by atoms with van der Waals surface area (Å²) in [6.07, 6.45) is 2.79.